The van der Waals surface area contributed by atoms with E-state index in [2.05, 4.69) is 10.1 Å². The van der Waals surface area contributed by atoms with E-state index >= 15 is 0 Å². The highest BCUT2D eigenvalue weighted by atomic mass is 19.4. The molecule has 8 heteroatoms. The molecule has 1 aromatic carbocycles. The molecule has 5 nitrogen and oxygen atoms in total. The summed E-state index contributed by atoms with van der Waals surface area (Å²) in [6, 6.07) is 8.17. The predicted octanol–water partition coefficient (Wildman–Crippen LogP) is 2.55. The van der Waals surface area contributed by atoms with E-state index in [-0.39, 0.29) is 18.3 Å². The Labute approximate surface area is 118 Å². The third-order valence-electron chi connectivity index (χ3n) is 2.49. The SMILES string of the molecule is CCOC(=O)c1nc(CC(F)(F)F)n(-c2ccccc2)n1. The minimum absolute atomic E-state index is 0.0906. The topological polar surface area (TPSA) is 57.0 Å². The number of nitrogens with zero attached hydrogens (tertiary/aromatic N) is 3. The zero-order valence-corrected chi connectivity index (χ0v) is 11.1. The van der Waals surface area contributed by atoms with Gasteiger partial charge in [-0.3, -0.25) is 0 Å². The maximum Gasteiger partial charge on any atom is 0.396 e. The van der Waals surface area contributed by atoms with Gasteiger partial charge in [0.1, 0.15) is 12.2 Å². The maximum absolute atomic E-state index is 12.6. The highest BCUT2D eigenvalue weighted by Crippen LogP contribution is 2.22. The Hall–Kier alpha value is -2.38. The van der Waals surface area contributed by atoms with Crippen molar-refractivity contribution < 1.29 is 22.7 Å². The minimum Gasteiger partial charge on any atom is -0.460 e. The van der Waals surface area contributed by atoms with Gasteiger partial charge in [-0.15, -0.1) is 5.10 Å². The van der Waals surface area contributed by atoms with Gasteiger partial charge in [-0.2, -0.15) is 13.2 Å². The van der Waals surface area contributed by atoms with Crippen molar-refractivity contribution in [3.8, 4) is 5.69 Å². The molecular formula is C13H12F3N3O2. The minimum atomic E-state index is -4.45. The lowest BCUT2D eigenvalue weighted by molar-refractivity contribution is -0.128. The van der Waals surface area contributed by atoms with Gasteiger partial charge in [0.25, 0.3) is 5.82 Å². The first-order chi connectivity index (χ1) is 9.90. The molecule has 0 aliphatic rings. The second kappa shape index (κ2) is 5.94. The number of alkyl halides is 3. The van der Waals surface area contributed by atoms with Crippen LogP contribution in [0.3, 0.4) is 0 Å². The fourth-order valence-electron chi connectivity index (χ4n) is 1.70. The van der Waals surface area contributed by atoms with Gasteiger partial charge in [-0.25, -0.2) is 14.5 Å². The second-order valence-electron chi connectivity index (χ2n) is 4.11. The molecule has 0 fully saturated rings. The summed E-state index contributed by atoms with van der Waals surface area (Å²) in [5.74, 6) is -1.60. The largest absolute Gasteiger partial charge is 0.460 e. The monoisotopic (exact) mass is 299 g/mol. The van der Waals surface area contributed by atoms with E-state index in [0.29, 0.717) is 5.69 Å². The third kappa shape index (κ3) is 3.80. The van der Waals surface area contributed by atoms with Crippen LogP contribution >= 0.6 is 0 Å². The van der Waals surface area contributed by atoms with Crippen LogP contribution in [0.1, 0.15) is 23.4 Å². The number of halogens is 3. The molecule has 0 saturated heterocycles. The summed E-state index contributed by atoms with van der Waals surface area (Å²) in [7, 11) is 0. The van der Waals surface area contributed by atoms with Crippen LogP contribution in [0.5, 0.6) is 0 Å². The summed E-state index contributed by atoms with van der Waals surface area (Å²) in [6.45, 7) is 1.68. The number of hydrogen-bond acceptors (Lipinski definition) is 4. The fraction of sp³-hybridized carbons (Fsp3) is 0.308. The average Bonchev–Trinajstić information content (AvgIpc) is 2.82. The van der Waals surface area contributed by atoms with Crippen molar-refractivity contribution in [2.45, 2.75) is 19.5 Å². The van der Waals surface area contributed by atoms with E-state index in [1.807, 2.05) is 0 Å². The van der Waals surface area contributed by atoms with Crippen molar-refractivity contribution in [3.63, 3.8) is 0 Å². The number of benzene rings is 1. The van der Waals surface area contributed by atoms with Crippen LogP contribution in [0, 0.1) is 0 Å². The molecule has 2 aromatic rings. The standard InChI is InChI=1S/C13H12F3N3O2/c1-2-21-12(20)11-17-10(8-13(14,15)16)19(18-11)9-6-4-3-5-7-9/h3-7H,2,8H2,1H3. The third-order valence-corrected chi connectivity index (χ3v) is 2.49. The van der Waals surface area contributed by atoms with Gasteiger partial charge in [0.2, 0.25) is 0 Å². The Morgan fingerprint density at radius 3 is 2.52 bits per heavy atom. The zero-order valence-electron chi connectivity index (χ0n) is 11.1. The van der Waals surface area contributed by atoms with Crippen LogP contribution in [0.15, 0.2) is 30.3 Å². The Kier molecular flexibility index (Phi) is 4.25. The first kappa shape index (κ1) is 15.0. The van der Waals surface area contributed by atoms with E-state index in [9.17, 15) is 18.0 Å². The molecule has 0 aliphatic heterocycles. The fourth-order valence-corrected chi connectivity index (χ4v) is 1.70. The number of esters is 1. The van der Waals surface area contributed by atoms with Crippen LogP contribution in [0.4, 0.5) is 13.2 Å². The van der Waals surface area contributed by atoms with Crippen molar-refractivity contribution in [2.75, 3.05) is 6.61 Å². The van der Waals surface area contributed by atoms with Crippen molar-refractivity contribution >= 4 is 5.97 Å². The van der Waals surface area contributed by atoms with E-state index in [4.69, 9.17) is 4.74 Å². The summed E-state index contributed by atoms with van der Waals surface area (Å²) < 4.78 is 43.5. The Morgan fingerprint density at radius 1 is 1.29 bits per heavy atom. The first-order valence-corrected chi connectivity index (χ1v) is 6.16. The summed E-state index contributed by atoms with van der Waals surface area (Å²) in [5, 5.41) is 3.81. The van der Waals surface area contributed by atoms with E-state index in [1.165, 1.54) is 0 Å². The Morgan fingerprint density at radius 2 is 1.95 bits per heavy atom. The molecular weight excluding hydrogens is 287 g/mol. The van der Waals surface area contributed by atoms with E-state index in [1.54, 1.807) is 37.3 Å². The molecule has 0 bridgehead atoms. The van der Waals surface area contributed by atoms with Crippen LogP contribution in [-0.4, -0.2) is 33.5 Å². The van der Waals surface area contributed by atoms with Gasteiger partial charge in [0.15, 0.2) is 0 Å². The van der Waals surface area contributed by atoms with Crippen molar-refractivity contribution in [2.24, 2.45) is 0 Å². The summed E-state index contributed by atoms with van der Waals surface area (Å²) in [6.07, 6.45) is -5.74. The quantitative estimate of drug-likeness (QED) is 0.814. The molecule has 112 valence electrons. The normalized spacial score (nSPS) is 11.4. The highest BCUT2D eigenvalue weighted by Gasteiger charge is 2.32. The van der Waals surface area contributed by atoms with Crippen molar-refractivity contribution in [1.82, 2.24) is 14.8 Å². The number of carbonyl (C=O) groups excluding carboxylic acids is 1. The van der Waals surface area contributed by atoms with Gasteiger partial charge >= 0.3 is 12.1 Å². The van der Waals surface area contributed by atoms with E-state index < -0.39 is 18.6 Å². The molecule has 0 radical (unpaired) electrons. The lowest BCUT2D eigenvalue weighted by atomic mass is 10.3. The lowest BCUT2D eigenvalue weighted by Gasteiger charge is -2.07. The molecule has 1 aromatic heterocycles. The molecule has 1 heterocycles. The number of ether oxygens (including phenoxy) is 1. The van der Waals surface area contributed by atoms with Crippen molar-refractivity contribution in [3.05, 3.63) is 42.0 Å². The van der Waals surface area contributed by atoms with Crippen molar-refractivity contribution in [1.29, 1.82) is 0 Å². The first-order valence-electron chi connectivity index (χ1n) is 6.16. The van der Waals surface area contributed by atoms with Crippen LogP contribution in [0.25, 0.3) is 5.69 Å². The van der Waals surface area contributed by atoms with Gasteiger partial charge in [-0.05, 0) is 19.1 Å². The number of hydrogen-bond donors (Lipinski definition) is 0. The molecule has 0 N–H and O–H groups in total. The second-order valence-corrected chi connectivity index (χ2v) is 4.11. The van der Waals surface area contributed by atoms with Gasteiger partial charge in [0.05, 0.1) is 12.3 Å². The summed E-state index contributed by atoms with van der Waals surface area (Å²) >= 11 is 0. The molecule has 0 amide bonds. The molecule has 0 saturated carbocycles. The number of rotatable bonds is 4. The summed E-state index contributed by atoms with van der Waals surface area (Å²) in [5.41, 5.74) is 0.389. The zero-order chi connectivity index (χ0) is 15.5. The smallest absolute Gasteiger partial charge is 0.396 e. The Balaban J connectivity index is 2.43. The Bertz CT molecular complexity index is 623. The predicted molar refractivity (Wildman–Crippen MR) is 67.1 cm³/mol. The average molecular weight is 299 g/mol. The molecule has 2 rings (SSSR count). The molecule has 21 heavy (non-hydrogen) atoms. The highest BCUT2D eigenvalue weighted by molar-refractivity contribution is 5.85. The van der Waals surface area contributed by atoms with Crippen LogP contribution in [0.2, 0.25) is 0 Å². The van der Waals surface area contributed by atoms with Gasteiger partial charge < -0.3 is 4.74 Å². The molecule has 0 atom stereocenters. The van der Waals surface area contributed by atoms with Gasteiger partial charge in [0, 0.05) is 0 Å². The van der Waals surface area contributed by atoms with E-state index in [0.717, 1.165) is 4.68 Å². The number of carbonyl (C=O) groups is 1. The van der Waals surface area contributed by atoms with Crippen LogP contribution in [-0.2, 0) is 11.2 Å². The number of para-hydroxylation sites is 1. The lowest BCUT2D eigenvalue weighted by Crippen LogP contribution is -2.16. The van der Waals surface area contributed by atoms with Gasteiger partial charge in [-0.1, -0.05) is 18.2 Å². The summed E-state index contributed by atoms with van der Waals surface area (Å²) in [4.78, 5) is 15.2. The van der Waals surface area contributed by atoms with Crippen LogP contribution < -0.4 is 0 Å². The maximum atomic E-state index is 12.6. The number of aromatic nitrogens is 3. The molecule has 0 unspecified atom stereocenters. The molecule has 0 aliphatic carbocycles. The molecule has 0 spiro atoms.